The number of carbonyl (C=O) groups excluding carboxylic acids is 1. The molecule has 3 heterocycles. The van der Waals surface area contributed by atoms with E-state index in [2.05, 4.69) is 0 Å². The van der Waals surface area contributed by atoms with Gasteiger partial charge >= 0.3 is 5.97 Å². The highest BCUT2D eigenvalue weighted by Gasteiger charge is 2.39. The first-order chi connectivity index (χ1) is 17.4. The van der Waals surface area contributed by atoms with E-state index in [1.807, 2.05) is 47.4 Å². The molecule has 8 heteroatoms. The van der Waals surface area contributed by atoms with Gasteiger partial charge in [-0.05, 0) is 74.3 Å². The number of carboxylic acids is 1. The highest BCUT2D eigenvalue weighted by Crippen LogP contribution is 2.39. The van der Waals surface area contributed by atoms with Crippen molar-refractivity contribution in [3.05, 3.63) is 58.7 Å². The third-order valence-corrected chi connectivity index (χ3v) is 7.70. The number of ether oxygens (including phenoxy) is 1. The van der Waals surface area contributed by atoms with Crippen molar-refractivity contribution in [3.63, 3.8) is 0 Å². The first kappa shape index (κ1) is 24.7. The lowest BCUT2D eigenvalue weighted by Crippen LogP contribution is -2.43. The molecule has 3 aromatic rings. The maximum atomic E-state index is 13.3. The van der Waals surface area contributed by atoms with Crippen LogP contribution in [-0.4, -0.2) is 58.2 Å². The van der Waals surface area contributed by atoms with Gasteiger partial charge in [0.25, 0.3) is 5.91 Å². The fraction of sp³-hybridized carbons (Fsp3) is 0.429. The van der Waals surface area contributed by atoms with Crippen LogP contribution in [0.2, 0.25) is 5.02 Å². The normalized spacial score (nSPS) is 17.1. The standard InChI is InChI=1S/C28H30ClN3O4/c29-21-8-5-19(6-9-21)26-23(3-1-2-4-25(33)34)30-24-17-20(7-10-22(24)31-26)27(35)32-14-11-28(12-15-32)13-16-36-18-28/h5-10,17H,1-4,11-16,18H2,(H,33,34). The first-order valence-corrected chi connectivity index (χ1v) is 13.0. The Balaban J connectivity index is 1.40. The monoisotopic (exact) mass is 507 g/mol. The maximum Gasteiger partial charge on any atom is 0.303 e. The van der Waals surface area contributed by atoms with E-state index in [4.69, 9.17) is 31.4 Å². The Labute approximate surface area is 215 Å². The van der Waals surface area contributed by atoms with Gasteiger partial charge < -0.3 is 14.7 Å². The predicted octanol–water partition coefficient (Wildman–Crippen LogP) is 5.39. The summed E-state index contributed by atoms with van der Waals surface area (Å²) in [6.07, 6.45) is 5.03. The van der Waals surface area contributed by atoms with E-state index in [9.17, 15) is 9.59 Å². The number of halogens is 1. The number of hydrogen-bond acceptors (Lipinski definition) is 5. The second kappa shape index (κ2) is 10.5. The Morgan fingerprint density at radius 3 is 2.47 bits per heavy atom. The lowest BCUT2D eigenvalue weighted by atomic mass is 9.78. The SMILES string of the molecule is O=C(O)CCCCc1nc2cc(C(=O)N3CCC4(CCOC4)CC3)ccc2nc1-c1ccc(Cl)cc1. The minimum atomic E-state index is -0.801. The molecular weight excluding hydrogens is 478 g/mol. The number of carbonyl (C=O) groups is 2. The van der Waals surface area contributed by atoms with Crippen molar-refractivity contribution in [3.8, 4) is 11.3 Å². The molecule has 0 unspecified atom stereocenters. The third kappa shape index (κ3) is 5.37. The molecule has 5 rings (SSSR count). The smallest absolute Gasteiger partial charge is 0.303 e. The molecule has 1 spiro atoms. The minimum absolute atomic E-state index is 0.0252. The van der Waals surface area contributed by atoms with Crippen LogP contribution < -0.4 is 0 Å². The van der Waals surface area contributed by atoms with Crippen molar-refractivity contribution in [2.75, 3.05) is 26.3 Å². The quantitative estimate of drug-likeness (QED) is 0.431. The topological polar surface area (TPSA) is 92.6 Å². The molecule has 36 heavy (non-hydrogen) atoms. The third-order valence-electron chi connectivity index (χ3n) is 7.45. The van der Waals surface area contributed by atoms with Gasteiger partial charge in [-0.15, -0.1) is 0 Å². The fourth-order valence-corrected chi connectivity index (χ4v) is 5.34. The molecular formula is C28H30ClN3O4. The molecule has 7 nitrogen and oxygen atoms in total. The zero-order valence-electron chi connectivity index (χ0n) is 20.2. The Morgan fingerprint density at radius 1 is 1.00 bits per heavy atom. The number of piperidine rings is 1. The zero-order valence-corrected chi connectivity index (χ0v) is 21.0. The van der Waals surface area contributed by atoms with Crippen molar-refractivity contribution in [1.82, 2.24) is 14.9 Å². The number of fused-ring (bicyclic) bond motifs is 1. The lowest BCUT2D eigenvalue weighted by molar-refractivity contribution is -0.137. The Bertz CT molecular complexity index is 1260. The van der Waals surface area contributed by atoms with Crippen LogP contribution in [0.5, 0.6) is 0 Å². The van der Waals surface area contributed by atoms with Crippen LogP contribution in [-0.2, 0) is 16.0 Å². The fourth-order valence-electron chi connectivity index (χ4n) is 5.22. The Hall–Kier alpha value is -3.03. The second-order valence-electron chi connectivity index (χ2n) is 9.92. The van der Waals surface area contributed by atoms with Crippen LogP contribution in [0.3, 0.4) is 0 Å². The van der Waals surface area contributed by atoms with Crippen LogP contribution in [0.25, 0.3) is 22.3 Å². The predicted molar refractivity (Wildman–Crippen MR) is 138 cm³/mol. The van der Waals surface area contributed by atoms with Gasteiger partial charge in [-0.2, -0.15) is 0 Å². The molecule has 188 valence electrons. The highest BCUT2D eigenvalue weighted by molar-refractivity contribution is 6.30. The lowest BCUT2D eigenvalue weighted by Gasteiger charge is -2.38. The Kier molecular flexibility index (Phi) is 7.21. The van der Waals surface area contributed by atoms with Gasteiger partial charge in [0.1, 0.15) is 0 Å². The molecule has 0 aliphatic carbocycles. The van der Waals surface area contributed by atoms with E-state index >= 15 is 0 Å². The number of aliphatic carboxylic acids is 1. The van der Waals surface area contributed by atoms with E-state index in [1.165, 1.54) is 0 Å². The number of nitrogens with zero attached hydrogens (tertiary/aromatic N) is 3. The van der Waals surface area contributed by atoms with Crippen molar-refractivity contribution in [1.29, 1.82) is 0 Å². The highest BCUT2D eigenvalue weighted by atomic mass is 35.5. The molecule has 2 saturated heterocycles. The van der Waals surface area contributed by atoms with Crippen molar-refractivity contribution in [2.45, 2.75) is 44.9 Å². The molecule has 0 atom stereocenters. The summed E-state index contributed by atoms with van der Waals surface area (Å²) < 4.78 is 5.62. The minimum Gasteiger partial charge on any atom is -0.481 e. The van der Waals surface area contributed by atoms with Gasteiger partial charge in [0.15, 0.2) is 0 Å². The number of rotatable bonds is 7. The summed E-state index contributed by atoms with van der Waals surface area (Å²) in [5.74, 6) is -0.776. The molecule has 0 radical (unpaired) electrons. The zero-order chi connectivity index (χ0) is 25.1. The van der Waals surface area contributed by atoms with Crippen molar-refractivity contribution < 1.29 is 19.4 Å². The number of likely N-dealkylation sites (tertiary alicyclic amines) is 1. The summed E-state index contributed by atoms with van der Waals surface area (Å²) in [6, 6.07) is 13.0. The van der Waals surface area contributed by atoms with E-state index < -0.39 is 5.97 Å². The molecule has 0 bridgehead atoms. The summed E-state index contributed by atoms with van der Waals surface area (Å²) in [4.78, 5) is 36.0. The molecule has 2 aliphatic rings. The number of amides is 1. The number of unbranched alkanes of at least 4 members (excludes halogenated alkanes) is 1. The average Bonchev–Trinajstić information content (AvgIpc) is 3.34. The molecule has 1 N–H and O–H groups in total. The van der Waals surface area contributed by atoms with Gasteiger partial charge in [-0.25, -0.2) is 9.97 Å². The van der Waals surface area contributed by atoms with Gasteiger partial charge in [-0.3, -0.25) is 9.59 Å². The van der Waals surface area contributed by atoms with Gasteiger partial charge in [0, 0.05) is 42.3 Å². The molecule has 2 aromatic carbocycles. The van der Waals surface area contributed by atoms with Crippen molar-refractivity contribution in [2.24, 2.45) is 5.41 Å². The van der Waals surface area contributed by atoms with Crippen LogP contribution in [0, 0.1) is 5.41 Å². The van der Waals surface area contributed by atoms with Crippen LogP contribution in [0.15, 0.2) is 42.5 Å². The number of aromatic nitrogens is 2. The van der Waals surface area contributed by atoms with Crippen LogP contribution >= 0.6 is 11.6 Å². The van der Waals surface area contributed by atoms with Crippen molar-refractivity contribution >= 4 is 34.5 Å². The molecule has 2 fully saturated rings. The van der Waals surface area contributed by atoms with E-state index in [0.717, 1.165) is 62.5 Å². The maximum absolute atomic E-state index is 13.3. The summed E-state index contributed by atoms with van der Waals surface area (Å²) >= 11 is 6.08. The van der Waals surface area contributed by atoms with E-state index in [1.54, 1.807) is 0 Å². The number of benzene rings is 2. The van der Waals surface area contributed by atoms with Gasteiger partial charge in [0.2, 0.25) is 0 Å². The summed E-state index contributed by atoms with van der Waals surface area (Å²) in [5, 5.41) is 9.62. The Morgan fingerprint density at radius 2 is 1.78 bits per heavy atom. The van der Waals surface area contributed by atoms with Crippen LogP contribution in [0.4, 0.5) is 0 Å². The van der Waals surface area contributed by atoms with Crippen LogP contribution in [0.1, 0.15) is 54.6 Å². The molecule has 1 amide bonds. The summed E-state index contributed by atoms with van der Waals surface area (Å²) in [7, 11) is 0. The summed E-state index contributed by atoms with van der Waals surface area (Å²) in [6.45, 7) is 3.13. The summed E-state index contributed by atoms with van der Waals surface area (Å²) in [5.41, 5.74) is 4.71. The van der Waals surface area contributed by atoms with E-state index in [0.29, 0.717) is 40.9 Å². The number of aryl methyl sites for hydroxylation is 1. The largest absolute Gasteiger partial charge is 0.481 e. The molecule has 1 aromatic heterocycles. The van der Waals surface area contributed by atoms with Gasteiger partial charge in [-0.1, -0.05) is 23.7 Å². The van der Waals surface area contributed by atoms with E-state index in [-0.39, 0.29) is 17.7 Å². The second-order valence-corrected chi connectivity index (χ2v) is 10.4. The number of carboxylic acid groups (broad SMARTS) is 1. The van der Waals surface area contributed by atoms with Gasteiger partial charge in [0.05, 0.1) is 29.0 Å². The molecule has 0 saturated carbocycles. The average molecular weight is 508 g/mol. The molecule has 2 aliphatic heterocycles. The number of hydrogen-bond donors (Lipinski definition) is 1. The first-order valence-electron chi connectivity index (χ1n) is 12.6.